The van der Waals surface area contributed by atoms with Crippen molar-refractivity contribution in [3.63, 3.8) is 0 Å². The van der Waals surface area contributed by atoms with E-state index in [4.69, 9.17) is 0 Å². The van der Waals surface area contributed by atoms with E-state index in [9.17, 15) is 0 Å². The molecule has 1 aliphatic carbocycles. The van der Waals surface area contributed by atoms with Gasteiger partial charge in [-0.25, -0.2) is 0 Å². The summed E-state index contributed by atoms with van der Waals surface area (Å²) in [7, 11) is 0. The van der Waals surface area contributed by atoms with Crippen molar-refractivity contribution in [1.82, 2.24) is 0 Å². The molecule has 0 saturated heterocycles. The molecule has 2 N–H and O–H groups in total. The van der Waals surface area contributed by atoms with Gasteiger partial charge in [0.05, 0.1) is 0 Å². The average molecular weight is 102 g/mol. The fourth-order valence-corrected chi connectivity index (χ4v) is 1.13. The highest BCUT2D eigenvalue weighted by atomic mass is 16.0. The predicted molar refractivity (Wildman–Crippen MR) is 31.2 cm³/mol. The zero-order valence-corrected chi connectivity index (χ0v) is 4.91. The third-order valence-electron chi connectivity index (χ3n) is 1.64. The van der Waals surface area contributed by atoms with Crippen LogP contribution >= 0.6 is 0 Å². The van der Waals surface area contributed by atoms with Crippen LogP contribution in [0, 0.1) is 5.92 Å². The zero-order chi connectivity index (χ0) is 4.41. The Morgan fingerprint density at radius 2 is 1.57 bits per heavy atom. The molecule has 0 spiro atoms. The van der Waals surface area contributed by atoms with E-state index in [1.807, 2.05) is 0 Å². The first-order valence-electron chi connectivity index (χ1n) is 2.89. The van der Waals surface area contributed by atoms with Crippen LogP contribution in [0.3, 0.4) is 0 Å². The van der Waals surface area contributed by atoms with Crippen molar-refractivity contribution in [3.05, 3.63) is 0 Å². The van der Waals surface area contributed by atoms with E-state index < -0.39 is 0 Å². The number of rotatable bonds is 0. The maximum absolute atomic E-state index is 2.34. The first-order valence-corrected chi connectivity index (χ1v) is 2.89. The molecule has 0 aromatic carbocycles. The number of hydrogen-bond donors (Lipinski definition) is 0. The van der Waals surface area contributed by atoms with E-state index in [1.165, 1.54) is 25.7 Å². The van der Waals surface area contributed by atoms with Crippen LogP contribution in [0.4, 0.5) is 0 Å². The van der Waals surface area contributed by atoms with Gasteiger partial charge >= 0.3 is 0 Å². The minimum atomic E-state index is 0. The minimum absolute atomic E-state index is 0. The zero-order valence-electron chi connectivity index (χ0n) is 4.91. The number of hydrogen-bond acceptors (Lipinski definition) is 0. The van der Waals surface area contributed by atoms with Crippen molar-refractivity contribution >= 4 is 0 Å². The second-order valence-electron chi connectivity index (χ2n) is 2.39. The van der Waals surface area contributed by atoms with Gasteiger partial charge in [0.1, 0.15) is 0 Å². The van der Waals surface area contributed by atoms with E-state index in [2.05, 4.69) is 6.92 Å². The molecule has 0 radical (unpaired) electrons. The standard InChI is InChI=1S/C6H12.H2O/c1-6-4-2-3-5-6;/h6H,2-5H2,1H3;1H2. The van der Waals surface area contributed by atoms with E-state index in [0.29, 0.717) is 0 Å². The quantitative estimate of drug-likeness (QED) is 0.442. The van der Waals surface area contributed by atoms with Crippen molar-refractivity contribution in [2.24, 2.45) is 5.92 Å². The molecule has 44 valence electrons. The van der Waals surface area contributed by atoms with Crippen LogP contribution in [0.1, 0.15) is 32.6 Å². The van der Waals surface area contributed by atoms with E-state index in [1.54, 1.807) is 0 Å². The molecule has 7 heavy (non-hydrogen) atoms. The first kappa shape index (κ1) is 6.96. The molecular weight excluding hydrogens is 88.1 g/mol. The molecule has 0 unspecified atom stereocenters. The molecule has 1 nitrogen and oxygen atoms in total. The second-order valence-corrected chi connectivity index (χ2v) is 2.39. The van der Waals surface area contributed by atoms with Crippen molar-refractivity contribution in [3.8, 4) is 0 Å². The lowest BCUT2D eigenvalue weighted by molar-refractivity contribution is 0.612. The van der Waals surface area contributed by atoms with Crippen LogP contribution in [0.15, 0.2) is 0 Å². The van der Waals surface area contributed by atoms with E-state index >= 15 is 0 Å². The molecule has 1 rings (SSSR count). The molecule has 1 heteroatoms. The molecule has 0 amide bonds. The van der Waals surface area contributed by atoms with Gasteiger partial charge in [-0.2, -0.15) is 0 Å². The van der Waals surface area contributed by atoms with Crippen LogP contribution in [-0.4, -0.2) is 5.48 Å². The summed E-state index contributed by atoms with van der Waals surface area (Å²) < 4.78 is 0. The summed E-state index contributed by atoms with van der Waals surface area (Å²) in [5.74, 6) is 1.05. The largest absolute Gasteiger partial charge is 0.412 e. The summed E-state index contributed by atoms with van der Waals surface area (Å²) in [6.45, 7) is 2.34. The van der Waals surface area contributed by atoms with Crippen LogP contribution in [0.2, 0.25) is 0 Å². The average Bonchev–Trinajstić information content (AvgIpc) is 1.86. The Morgan fingerprint density at radius 1 is 1.14 bits per heavy atom. The summed E-state index contributed by atoms with van der Waals surface area (Å²) in [5, 5.41) is 0. The monoisotopic (exact) mass is 102 g/mol. The van der Waals surface area contributed by atoms with E-state index in [0.717, 1.165) is 5.92 Å². The SMILES string of the molecule is CC1CCCC1.O. The molecule has 1 fully saturated rings. The lowest BCUT2D eigenvalue weighted by atomic mass is 10.2. The van der Waals surface area contributed by atoms with Crippen molar-refractivity contribution < 1.29 is 5.48 Å². The summed E-state index contributed by atoms with van der Waals surface area (Å²) >= 11 is 0. The van der Waals surface area contributed by atoms with Crippen LogP contribution in [0.5, 0.6) is 0 Å². The molecular formula is C6H14O. The van der Waals surface area contributed by atoms with Gasteiger partial charge < -0.3 is 5.48 Å². The Hall–Kier alpha value is -0.0400. The van der Waals surface area contributed by atoms with Gasteiger partial charge in [0.2, 0.25) is 0 Å². The van der Waals surface area contributed by atoms with Gasteiger partial charge in [0.25, 0.3) is 0 Å². The van der Waals surface area contributed by atoms with Crippen molar-refractivity contribution in [2.45, 2.75) is 32.6 Å². The van der Waals surface area contributed by atoms with Crippen molar-refractivity contribution in [1.29, 1.82) is 0 Å². The Balaban J connectivity index is 0.000000360. The second kappa shape index (κ2) is 3.03. The third kappa shape index (κ3) is 1.93. The predicted octanol–water partition coefficient (Wildman–Crippen LogP) is 1.37. The fourth-order valence-electron chi connectivity index (χ4n) is 1.13. The molecule has 0 atom stereocenters. The molecule has 0 aromatic heterocycles. The third-order valence-corrected chi connectivity index (χ3v) is 1.64. The highest BCUT2D eigenvalue weighted by Crippen LogP contribution is 2.22. The van der Waals surface area contributed by atoms with Gasteiger partial charge in [-0.15, -0.1) is 0 Å². The minimum Gasteiger partial charge on any atom is -0.412 e. The van der Waals surface area contributed by atoms with Gasteiger partial charge in [-0.1, -0.05) is 32.6 Å². The Labute approximate surface area is 45.0 Å². The smallest absolute Gasteiger partial charge is 0.0443 e. The summed E-state index contributed by atoms with van der Waals surface area (Å²) in [6, 6.07) is 0. The Morgan fingerprint density at radius 3 is 1.71 bits per heavy atom. The maximum Gasteiger partial charge on any atom is -0.0443 e. The van der Waals surface area contributed by atoms with Gasteiger partial charge in [0.15, 0.2) is 0 Å². The molecule has 1 aliphatic rings. The topological polar surface area (TPSA) is 31.5 Å². The van der Waals surface area contributed by atoms with Crippen LogP contribution < -0.4 is 0 Å². The summed E-state index contributed by atoms with van der Waals surface area (Å²) in [5.41, 5.74) is 0. The highest BCUT2D eigenvalue weighted by Gasteiger charge is 2.07. The molecule has 0 heterocycles. The van der Waals surface area contributed by atoms with Crippen LogP contribution in [-0.2, 0) is 0 Å². The molecule has 0 bridgehead atoms. The fraction of sp³-hybridized carbons (Fsp3) is 1.00. The van der Waals surface area contributed by atoms with Crippen LogP contribution in [0.25, 0.3) is 0 Å². The molecule has 0 aromatic rings. The summed E-state index contributed by atoms with van der Waals surface area (Å²) in [4.78, 5) is 0. The normalized spacial score (nSPS) is 21.9. The van der Waals surface area contributed by atoms with Gasteiger partial charge in [0, 0.05) is 0 Å². The maximum atomic E-state index is 2.34. The molecule has 0 aliphatic heterocycles. The first-order chi connectivity index (χ1) is 2.89. The Kier molecular flexibility index (Phi) is 3.01. The van der Waals surface area contributed by atoms with Gasteiger partial charge in [-0.05, 0) is 5.92 Å². The van der Waals surface area contributed by atoms with Crippen molar-refractivity contribution in [2.75, 3.05) is 0 Å². The molecule has 1 saturated carbocycles. The van der Waals surface area contributed by atoms with E-state index in [-0.39, 0.29) is 5.48 Å². The van der Waals surface area contributed by atoms with Gasteiger partial charge in [-0.3, -0.25) is 0 Å². The highest BCUT2D eigenvalue weighted by molar-refractivity contribution is 4.60. The lowest BCUT2D eigenvalue weighted by Gasteiger charge is -1.91. The Bertz CT molecular complexity index is 37.4. The lowest BCUT2D eigenvalue weighted by Crippen LogP contribution is -1.78. The summed E-state index contributed by atoms with van der Waals surface area (Å²) in [6.07, 6.45) is 5.95.